The number of carbonyl (C=O) groups excluding carboxylic acids is 1. The largest absolute Gasteiger partial charge is 0.454 e. The lowest BCUT2D eigenvalue weighted by atomic mass is 9.82. The van der Waals surface area contributed by atoms with Crippen molar-refractivity contribution in [3.8, 4) is 11.5 Å². The number of nitrogens with two attached hydrogens (primary N) is 1. The van der Waals surface area contributed by atoms with Crippen molar-refractivity contribution >= 4 is 11.6 Å². The van der Waals surface area contributed by atoms with Gasteiger partial charge in [-0.25, -0.2) is 0 Å². The third-order valence-electron chi connectivity index (χ3n) is 4.39. The van der Waals surface area contributed by atoms with Gasteiger partial charge in [0.1, 0.15) is 0 Å². The molecule has 1 fully saturated rings. The first-order valence-electron chi connectivity index (χ1n) is 7.61. The monoisotopic (exact) mass is 290 g/mol. The van der Waals surface area contributed by atoms with Gasteiger partial charge in [0.05, 0.1) is 5.56 Å². The second-order valence-corrected chi connectivity index (χ2v) is 6.14. The van der Waals surface area contributed by atoms with Gasteiger partial charge in [-0.15, -0.1) is 0 Å². The summed E-state index contributed by atoms with van der Waals surface area (Å²) in [6.07, 6.45) is 4.95. The number of nitrogen functional groups attached to an aromatic ring is 1. The maximum Gasteiger partial charge on any atom is 0.253 e. The number of fused-ring (bicyclic) bond motifs is 1. The Morgan fingerprint density at radius 2 is 2.10 bits per heavy atom. The second kappa shape index (κ2) is 5.84. The van der Waals surface area contributed by atoms with Crippen LogP contribution in [0.2, 0.25) is 0 Å². The molecule has 1 heterocycles. The van der Waals surface area contributed by atoms with Crippen LogP contribution in [0.1, 0.15) is 43.0 Å². The molecule has 1 amide bonds. The van der Waals surface area contributed by atoms with Gasteiger partial charge in [-0.2, -0.15) is 0 Å². The lowest BCUT2D eigenvalue weighted by Gasteiger charge is -2.26. The number of rotatable bonds is 3. The summed E-state index contributed by atoms with van der Waals surface area (Å²) < 4.78 is 10.5. The van der Waals surface area contributed by atoms with Crippen LogP contribution in [0.4, 0.5) is 5.69 Å². The zero-order valence-electron chi connectivity index (χ0n) is 12.4. The van der Waals surface area contributed by atoms with Crippen molar-refractivity contribution < 1.29 is 14.3 Å². The highest BCUT2D eigenvalue weighted by molar-refractivity contribution is 6.00. The minimum atomic E-state index is -0.135. The van der Waals surface area contributed by atoms with Crippen molar-refractivity contribution in [3.05, 3.63) is 17.7 Å². The number of benzene rings is 1. The van der Waals surface area contributed by atoms with E-state index in [1.165, 1.54) is 25.7 Å². The zero-order chi connectivity index (χ0) is 14.8. The molecule has 1 aromatic rings. The highest BCUT2D eigenvalue weighted by atomic mass is 16.7. The number of amides is 1. The van der Waals surface area contributed by atoms with Crippen LogP contribution in [-0.4, -0.2) is 19.2 Å². The van der Waals surface area contributed by atoms with E-state index in [0.29, 0.717) is 28.7 Å². The first-order chi connectivity index (χ1) is 10.1. The van der Waals surface area contributed by atoms with Crippen LogP contribution in [0.3, 0.4) is 0 Å². The maximum atomic E-state index is 12.3. The number of nitrogens with one attached hydrogen (secondary N) is 1. The number of carbonyl (C=O) groups is 1. The molecule has 21 heavy (non-hydrogen) atoms. The predicted molar refractivity (Wildman–Crippen MR) is 80.4 cm³/mol. The fourth-order valence-electron chi connectivity index (χ4n) is 3.23. The summed E-state index contributed by atoms with van der Waals surface area (Å²) in [5.41, 5.74) is 6.81. The van der Waals surface area contributed by atoms with E-state index in [9.17, 15) is 4.79 Å². The Labute approximate surface area is 124 Å². The third kappa shape index (κ3) is 3.06. The molecular formula is C16H22N2O3. The van der Waals surface area contributed by atoms with Crippen molar-refractivity contribution in [3.63, 3.8) is 0 Å². The Hall–Kier alpha value is -1.91. The molecule has 3 rings (SSSR count). The van der Waals surface area contributed by atoms with Gasteiger partial charge in [-0.1, -0.05) is 19.8 Å². The molecule has 2 unspecified atom stereocenters. The zero-order valence-corrected chi connectivity index (χ0v) is 12.4. The molecular weight excluding hydrogens is 268 g/mol. The Morgan fingerprint density at radius 1 is 1.33 bits per heavy atom. The van der Waals surface area contributed by atoms with E-state index in [-0.39, 0.29) is 12.7 Å². The average Bonchev–Trinajstić information content (AvgIpc) is 2.91. The highest BCUT2D eigenvalue weighted by Crippen LogP contribution is 2.36. The fraction of sp³-hybridized carbons (Fsp3) is 0.562. The van der Waals surface area contributed by atoms with Gasteiger partial charge in [0.2, 0.25) is 6.79 Å². The Bertz CT molecular complexity index is 545. The molecule has 0 aromatic heterocycles. The summed E-state index contributed by atoms with van der Waals surface area (Å²) in [6, 6.07) is 3.32. The van der Waals surface area contributed by atoms with E-state index in [0.717, 1.165) is 12.5 Å². The molecule has 0 radical (unpaired) electrons. The van der Waals surface area contributed by atoms with E-state index >= 15 is 0 Å². The van der Waals surface area contributed by atoms with E-state index in [2.05, 4.69) is 12.2 Å². The fourth-order valence-corrected chi connectivity index (χ4v) is 3.23. The van der Waals surface area contributed by atoms with Crippen LogP contribution >= 0.6 is 0 Å². The van der Waals surface area contributed by atoms with E-state index in [1.54, 1.807) is 12.1 Å². The number of hydrogen-bond acceptors (Lipinski definition) is 4. The summed E-state index contributed by atoms with van der Waals surface area (Å²) in [5.74, 6) is 2.39. The molecule has 1 saturated carbocycles. The van der Waals surface area contributed by atoms with E-state index < -0.39 is 0 Å². The summed E-state index contributed by atoms with van der Waals surface area (Å²) in [7, 11) is 0. The summed E-state index contributed by atoms with van der Waals surface area (Å²) in [4.78, 5) is 12.3. The first kappa shape index (κ1) is 14.0. The Morgan fingerprint density at radius 3 is 2.86 bits per heavy atom. The van der Waals surface area contributed by atoms with Gasteiger partial charge in [0.15, 0.2) is 11.5 Å². The van der Waals surface area contributed by atoms with Crippen molar-refractivity contribution in [2.45, 2.75) is 32.6 Å². The Kier molecular flexibility index (Phi) is 3.90. The SMILES string of the molecule is CC1CCCC(CNC(=O)c2cc3c(cc2N)OCO3)C1. The molecule has 5 nitrogen and oxygen atoms in total. The normalized spacial score (nSPS) is 23.9. The predicted octanol–water partition coefficient (Wildman–Crippen LogP) is 2.55. The minimum absolute atomic E-state index is 0.135. The number of hydrogen-bond donors (Lipinski definition) is 2. The van der Waals surface area contributed by atoms with Crippen LogP contribution in [-0.2, 0) is 0 Å². The minimum Gasteiger partial charge on any atom is -0.454 e. The first-order valence-corrected chi connectivity index (χ1v) is 7.61. The lowest BCUT2D eigenvalue weighted by molar-refractivity contribution is 0.0941. The number of ether oxygens (including phenoxy) is 2. The quantitative estimate of drug-likeness (QED) is 0.839. The van der Waals surface area contributed by atoms with E-state index in [1.807, 2.05) is 0 Å². The van der Waals surface area contributed by atoms with Gasteiger partial charge < -0.3 is 20.5 Å². The van der Waals surface area contributed by atoms with Crippen LogP contribution in [0.25, 0.3) is 0 Å². The van der Waals surface area contributed by atoms with Crippen molar-refractivity contribution in [1.29, 1.82) is 0 Å². The average molecular weight is 290 g/mol. The molecule has 1 aliphatic heterocycles. The molecule has 3 N–H and O–H groups in total. The topological polar surface area (TPSA) is 73.6 Å². The van der Waals surface area contributed by atoms with Gasteiger partial charge >= 0.3 is 0 Å². The standard InChI is InChI=1S/C16H22N2O3/c1-10-3-2-4-11(5-10)8-18-16(19)12-6-14-15(7-13(12)17)21-9-20-14/h6-7,10-11H,2-5,8-9,17H2,1H3,(H,18,19). The van der Waals surface area contributed by atoms with Crippen molar-refractivity contribution in [1.82, 2.24) is 5.32 Å². The maximum absolute atomic E-state index is 12.3. The smallest absolute Gasteiger partial charge is 0.253 e. The molecule has 2 aliphatic rings. The summed E-state index contributed by atoms with van der Waals surface area (Å²) in [6.45, 7) is 3.18. The molecule has 114 valence electrons. The molecule has 2 atom stereocenters. The van der Waals surface area contributed by atoms with Crippen LogP contribution in [0.15, 0.2) is 12.1 Å². The molecule has 0 bridgehead atoms. The van der Waals surface area contributed by atoms with Gasteiger partial charge in [-0.3, -0.25) is 4.79 Å². The molecule has 1 aliphatic carbocycles. The van der Waals surface area contributed by atoms with Crippen molar-refractivity contribution in [2.24, 2.45) is 11.8 Å². The van der Waals surface area contributed by atoms with Crippen LogP contribution in [0, 0.1) is 11.8 Å². The Balaban J connectivity index is 1.63. The molecule has 0 saturated heterocycles. The van der Waals surface area contributed by atoms with Gasteiger partial charge in [0.25, 0.3) is 5.91 Å². The van der Waals surface area contributed by atoms with Gasteiger partial charge in [0, 0.05) is 18.3 Å². The number of anilines is 1. The third-order valence-corrected chi connectivity index (χ3v) is 4.39. The second-order valence-electron chi connectivity index (χ2n) is 6.14. The summed E-state index contributed by atoms with van der Waals surface area (Å²) >= 11 is 0. The van der Waals surface area contributed by atoms with Crippen molar-refractivity contribution in [2.75, 3.05) is 19.1 Å². The molecule has 1 aromatic carbocycles. The highest BCUT2D eigenvalue weighted by Gasteiger charge is 2.22. The van der Waals surface area contributed by atoms with Gasteiger partial charge in [-0.05, 0) is 30.7 Å². The lowest BCUT2D eigenvalue weighted by Crippen LogP contribution is -2.31. The van der Waals surface area contributed by atoms with Crippen LogP contribution < -0.4 is 20.5 Å². The molecule has 0 spiro atoms. The van der Waals surface area contributed by atoms with Crippen LogP contribution in [0.5, 0.6) is 11.5 Å². The van der Waals surface area contributed by atoms with E-state index in [4.69, 9.17) is 15.2 Å². The summed E-state index contributed by atoms with van der Waals surface area (Å²) in [5, 5.41) is 3.01. The molecule has 5 heteroatoms.